The number of nitrogens with zero attached hydrogens (tertiary/aromatic N) is 3. The van der Waals surface area contributed by atoms with Gasteiger partial charge in [0.25, 0.3) is 5.89 Å². The van der Waals surface area contributed by atoms with Crippen molar-refractivity contribution < 1.29 is 8.91 Å². The van der Waals surface area contributed by atoms with Crippen molar-refractivity contribution in [2.75, 3.05) is 5.73 Å². The first-order valence-corrected chi connectivity index (χ1v) is 7.14. The van der Waals surface area contributed by atoms with E-state index in [2.05, 4.69) is 30.4 Å². The maximum Gasteiger partial charge on any atom is 0.263 e. The van der Waals surface area contributed by atoms with Crippen molar-refractivity contribution in [3.8, 4) is 22.8 Å². The highest BCUT2D eigenvalue weighted by molar-refractivity contribution is 9.10. The maximum atomic E-state index is 13.2. The van der Waals surface area contributed by atoms with Crippen LogP contribution >= 0.6 is 27.5 Å². The Bertz CT molecular complexity index is 766. The first-order valence-electron chi connectivity index (χ1n) is 5.57. The zero-order valence-corrected chi connectivity index (χ0v) is 12.6. The molecule has 2 aromatic heterocycles. The molecular weight excluding hydrogens is 347 g/mol. The molecule has 0 spiro atoms. The minimum atomic E-state index is -0.348. The summed E-state index contributed by atoms with van der Waals surface area (Å²) in [6, 6.07) is 4.50. The van der Waals surface area contributed by atoms with Gasteiger partial charge in [0.1, 0.15) is 10.8 Å². The molecule has 102 valence electrons. The number of hydrogen-bond donors (Lipinski definition) is 1. The van der Waals surface area contributed by atoms with Crippen LogP contribution in [0.4, 0.5) is 9.39 Å². The normalized spacial score (nSPS) is 10.9. The number of halogens is 2. The molecule has 0 aliphatic rings. The zero-order chi connectivity index (χ0) is 14.3. The fourth-order valence-electron chi connectivity index (χ4n) is 1.72. The minimum absolute atomic E-state index is 0.309. The molecule has 5 nitrogen and oxygen atoms in total. The molecule has 3 aromatic rings. The molecule has 0 fully saturated rings. The van der Waals surface area contributed by atoms with Crippen molar-refractivity contribution in [3.05, 3.63) is 34.2 Å². The van der Waals surface area contributed by atoms with Crippen LogP contribution in [-0.4, -0.2) is 14.5 Å². The summed E-state index contributed by atoms with van der Waals surface area (Å²) in [4.78, 5) is 4.28. The van der Waals surface area contributed by atoms with Crippen LogP contribution in [0.2, 0.25) is 0 Å². The molecule has 1 aromatic carbocycles. The standard InChI is InChI=1S/C12H8BrFN4OS/c1-5-9(10(15)20-18-5)12-16-11(17-19-12)6-2-3-8(14)7(13)4-6/h2-4H,15H2,1H3. The fraction of sp³-hybridized carbons (Fsp3) is 0.0833. The van der Waals surface area contributed by atoms with Gasteiger partial charge in [-0.3, -0.25) is 0 Å². The second-order valence-electron chi connectivity index (χ2n) is 4.06. The smallest absolute Gasteiger partial charge is 0.263 e. The van der Waals surface area contributed by atoms with Gasteiger partial charge in [-0.05, 0) is 52.6 Å². The van der Waals surface area contributed by atoms with Crippen molar-refractivity contribution in [3.63, 3.8) is 0 Å². The van der Waals surface area contributed by atoms with Crippen LogP contribution in [-0.2, 0) is 0 Å². The Hall–Kier alpha value is -1.80. The molecule has 2 heterocycles. The Morgan fingerprint density at radius 3 is 2.85 bits per heavy atom. The van der Waals surface area contributed by atoms with E-state index in [1.807, 2.05) is 6.92 Å². The highest BCUT2D eigenvalue weighted by atomic mass is 79.9. The summed E-state index contributed by atoms with van der Waals surface area (Å²) in [5, 5.41) is 4.41. The first-order chi connectivity index (χ1) is 9.56. The van der Waals surface area contributed by atoms with Crippen LogP contribution in [0.25, 0.3) is 22.8 Å². The molecule has 0 aliphatic carbocycles. The van der Waals surface area contributed by atoms with Crippen molar-refractivity contribution in [2.24, 2.45) is 0 Å². The Balaban J connectivity index is 2.04. The number of aryl methyl sites for hydroxylation is 1. The Kier molecular flexibility index (Phi) is 3.27. The topological polar surface area (TPSA) is 77.8 Å². The van der Waals surface area contributed by atoms with Gasteiger partial charge >= 0.3 is 0 Å². The van der Waals surface area contributed by atoms with E-state index in [1.165, 1.54) is 17.6 Å². The van der Waals surface area contributed by atoms with Gasteiger partial charge in [0, 0.05) is 5.56 Å². The van der Waals surface area contributed by atoms with Crippen LogP contribution < -0.4 is 5.73 Å². The van der Waals surface area contributed by atoms with Crippen molar-refractivity contribution >= 4 is 32.5 Å². The summed E-state index contributed by atoms with van der Waals surface area (Å²) in [6.45, 7) is 1.82. The van der Waals surface area contributed by atoms with Crippen LogP contribution in [0.5, 0.6) is 0 Å². The predicted molar refractivity (Wildman–Crippen MR) is 77.6 cm³/mol. The van der Waals surface area contributed by atoms with E-state index in [0.717, 1.165) is 5.69 Å². The minimum Gasteiger partial charge on any atom is -0.389 e. The molecule has 0 bridgehead atoms. The number of benzene rings is 1. The van der Waals surface area contributed by atoms with Gasteiger partial charge < -0.3 is 10.3 Å². The number of anilines is 1. The lowest BCUT2D eigenvalue weighted by molar-refractivity contribution is 0.432. The molecule has 0 radical (unpaired) electrons. The highest BCUT2D eigenvalue weighted by Crippen LogP contribution is 2.32. The molecule has 0 saturated carbocycles. The first kappa shape index (κ1) is 13.2. The summed E-state index contributed by atoms with van der Waals surface area (Å²) in [6.07, 6.45) is 0. The van der Waals surface area contributed by atoms with Gasteiger partial charge in [0.15, 0.2) is 0 Å². The number of nitrogens with two attached hydrogens (primary N) is 1. The van der Waals surface area contributed by atoms with Gasteiger partial charge in [-0.25, -0.2) is 4.39 Å². The molecule has 3 rings (SSSR count). The second-order valence-corrected chi connectivity index (χ2v) is 5.72. The molecule has 0 saturated heterocycles. The van der Waals surface area contributed by atoms with E-state index in [-0.39, 0.29) is 5.82 Å². The number of rotatable bonds is 2. The Labute approximate surface area is 125 Å². The third-order valence-corrected chi connectivity index (χ3v) is 4.08. The lowest BCUT2D eigenvalue weighted by Gasteiger charge is -1.96. The van der Waals surface area contributed by atoms with Gasteiger partial charge in [-0.1, -0.05) is 5.16 Å². The van der Waals surface area contributed by atoms with E-state index < -0.39 is 0 Å². The van der Waals surface area contributed by atoms with E-state index in [1.54, 1.807) is 12.1 Å². The van der Waals surface area contributed by atoms with Crippen molar-refractivity contribution in [1.29, 1.82) is 0 Å². The largest absolute Gasteiger partial charge is 0.389 e. The average molecular weight is 355 g/mol. The fourth-order valence-corrected chi connectivity index (χ4v) is 2.76. The molecule has 0 atom stereocenters. The SMILES string of the molecule is Cc1nsc(N)c1-c1nc(-c2ccc(F)c(Br)c2)no1. The average Bonchev–Trinajstić information content (AvgIpc) is 3.00. The summed E-state index contributed by atoms with van der Waals surface area (Å²) in [5.74, 6) is 0.328. The van der Waals surface area contributed by atoms with Crippen molar-refractivity contribution in [2.45, 2.75) is 6.92 Å². The molecular formula is C12H8BrFN4OS. The second kappa shape index (κ2) is 4.95. The van der Waals surface area contributed by atoms with E-state index in [0.29, 0.717) is 32.3 Å². The molecule has 0 aliphatic heterocycles. The quantitative estimate of drug-likeness (QED) is 0.759. The van der Waals surface area contributed by atoms with E-state index in [4.69, 9.17) is 10.3 Å². The van der Waals surface area contributed by atoms with Gasteiger partial charge in [0.05, 0.1) is 15.7 Å². The van der Waals surface area contributed by atoms with E-state index >= 15 is 0 Å². The third kappa shape index (κ3) is 2.20. The van der Waals surface area contributed by atoms with Crippen LogP contribution in [0, 0.1) is 12.7 Å². The molecule has 0 unspecified atom stereocenters. The van der Waals surface area contributed by atoms with Crippen LogP contribution in [0.3, 0.4) is 0 Å². The highest BCUT2D eigenvalue weighted by Gasteiger charge is 2.18. The molecule has 2 N–H and O–H groups in total. The number of nitrogen functional groups attached to an aromatic ring is 1. The number of aromatic nitrogens is 3. The molecule has 8 heteroatoms. The molecule has 20 heavy (non-hydrogen) atoms. The Morgan fingerprint density at radius 1 is 1.40 bits per heavy atom. The Morgan fingerprint density at radius 2 is 2.20 bits per heavy atom. The van der Waals surface area contributed by atoms with Gasteiger partial charge in [0.2, 0.25) is 5.82 Å². The summed E-state index contributed by atoms with van der Waals surface area (Å²) < 4.78 is 22.9. The van der Waals surface area contributed by atoms with Gasteiger partial charge in [-0.2, -0.15) is 9.36 Å². The summed E-state index contributed by atoms with van der Waals surface area (Å²) >= 11 is 4.30. The van der Waals surface area contributed by atoms with Crippen molar-refractivity contribution in [1.82, 2.24) is 14.5 Å². The number of hydrogen-bond acceptors (Lipinski definition) is 6. The van der Waals surface area contributed by atoms with Crippen LogP contribution in [0.1, 0.15) is 5.69 Å². The van der Waals surface area contributed by atoms with E-state index in [9.17, 15) is 4.39 Å². The maximum absolute atomic E-state index is 13.2. The zero-order valence-electron chi connectivity index (χ0n) is 10.2. The predicted octanol–water partition coefficient (Wildman–Crippen LogP) is 3.65. The summed E-state index contributed by atoms with van der Waals surface area (Å²) in [5.41, 5.74) is 7.87. The van der Waals surface area contributed by atoms with Crippen LogP contribution in [0.15, 0.2) is 27.2 Å². The third-order valence-electron chi connectivity index (χ3n) is 2.71. The monoisotopic (exact) mass is 354 g/mol. The van der Waals surface area contributed by atoms with Gasteiger partial charge in [-0.15, -0.1) is 0 Å². The summed E-state index contributed by atoms with van der Waals surface area (Å²) in [7, 11) is 0. The lowest BCUT2D eigenvalue weighted by atomic mass is 10.2. The lowest BCUT2D eigenvalue weighted by Crippen LogP contribution is -1.87. The molecule has 0 amide bonds.